The highest BCUT2D eigenvalue weighted by molar-refractivity contribution is 6.30. The maximum absolute atomic E-state index is 12.7. The smallest absolute Gasteiger partial charge is 0.302 e. The number of benzene rings is 2. The Morgan fingerprint density at radius 1 is 0.966 bits per heavy atom. The van der Waals surface area contributed by atoms with Gasteiger partial charge in [0.05, 0.1) is 0 Å². The third kappa shape index (κ3) is 4.41. The Balaban J connectivity index is 1.35. The summed E-state index contributed by atoms with van der Waals surface area (Å²) in [5.41, 5.74) is 1.74. The van der Waals surface area contributed by atoms with Crippen LogP contribution < -0.4 is 10.2 Å². The van der Waals surface area contributed by atoms with Gasteiger partial charge in [0.15, 0.2) is 5.69 Å². The van der Waals surface area contributed by atoms with E-state index < -0.39 is 0 Å². The van der Waals surface area contributed by atoms with Crippen molar-refractivity contribution in [2.75, 3.05) is 36.4 Å². The quantitative estimate of drug-likeness (QED) is 0.711. The molecule has 1 aliphatic rings. The van der Waals surface area contributed by atoms with Gasteiger partial charge in [-0.15, -0.1) is 0 Å². The number of anilines is 2. The van der Waals surface area contributed by atoms with Gasteiger partial charge >= 0.3 is 6.01 Å². The molecule has 0 bridgehead atoms. The van der Waals surface area contributed by atoms with Gasteiger partial charge < -0.3 is 14.2 Å². The van der Waals surface area contributed by atoms with Crippen LogP contribution in [-0.4, -0.2) is 47.9 Å². The number of piperazine rings is 1. The molecule has 0 spiro atoms. The lowest BCUT2D eigenvalue weighted by Gasteiger charge is -2.35. The van der Waals surface area contributed by atoms with Crippen molar-refractivity contribution in [3.05, 3.63) is 77.1 Å². The average Bonchev–Trinajstić information content (AvgIpc) is 3.23. The predicted octanol–water partition coefficient (Wildman–Crippen LogP) is 3.54. The second kappa shape index (κ2) is 8.36. The summed E-state index contributed by atoms with van der Waals surface area (Å²) >= 11 is 5.94. The number of carbonyl (C=O) groups excluding carboxylic acids is 2. The van der Waals surface area contributed by atoms with Crippen LogP contribution >= 0.6 is 11.6 Å². The Morgan fingerprint density at radius 3 is 2.34 bits per heavy atom. The van der Waals surface area contributed by atoms with Crippen LogP contribution in [0.25, 0.3) is 0 Å². The summed E-state index contributed by atoms with van der Waals surface area (Å²) in [5, 5.41) is 3.26. The summed E-state index contributed by atoms with van der Waals surface area (Å²) in [6.45, 7) is 2.56. The number of hydrogen-bond donors (Lipinski definition) is 1. The number of nitrogens with zero attached hydrogens (tertiary/aromatic N) is 3. The van der Waals surface area contributed by atoms with Crippen molar-refractivity contribution < 1.29 is 14.0 Å². The number of hydrogen-bond acceptors (Lipinski definition) is 5. The van der Waals surface area contributed by atoms with Gasteiger partial charge in [-0.1, -0.05) is 29.8 Å². The molecule has 1 aromatic heterocycles. The first-order valence-corrected chi connectivity index (χ1v) is 9.60. The number of carbonyl (C=O) groups is 2. The summed E-state index contributed by atoms with van der Waals surface area (Å²) in [7, 11) is 0. The van der Waals surface area contributed by atoms with E-state index in [9.17, 15) is 9.59 Å². The van der Waals surface area contributed by atoms with Gasteiger partial charge in [-0.3, -0.25) is 14.9 Å². The number of oxazole rings is 1. The summed E-state index contributed by atoms with van der Waals surface area (Å²) < 4.78 is 5.26. The van der Waals surface area contributed by atoms with Crippen LogP contribution in [0.2, 0.25) is 5.02 Å². The molecule has 148 valence electrons. The van der Waals surface area contributed by atoms with Crippen LogP contribution in [0.4, 0.5) is 11.7 Å². The number of aromatic nitrogens is 1. The largest absolute Gasteiger partial charge is 0.431 e. The molecule has 0 atom stereocenters. The first-order valence-electron chi connectivity index (χ1n) is 9.22. The van der Waals surface area contributed by atoms with Gasteiger partial charge in [-0.25, -0.2) is 0 Å². The molecule has 8 heteroatoms. The van der Waals surface area contributed by atoms with Crippen molar-refractivity contribution in [3.8, 4) is 0 Å². The van der Waals surface area contributed by atoms with Crippen LogP contribution in [0.5, 0.6) is 0 Å². The van der Waals surface area contributed by atoms with E-state index in [2.05, 4.69) is 15.2 Å². The van der Waals surface area contributed by atoms with Crippen LogP contribution in [0.1, 0.15) is 20.8 Å². The number of rotatable bonds is 4. The zero-order chi connectivity index (χ0) is 20.2. The standard InChI is InChI=1S/C21H19ClN4O3/c22-16-6-8-17(9-7-16)25-10-12-26(13-11-25)20(28)18-14-29-21(23-18)24-19(27)15-4-2-1-3-5-15/h1-9,14H,10-13H2,(H,23,24,27). The number of halogens is 1. The monoisotopic (exact) mass is 410 g/mol. The van der Waals surface area contributed by atoms with E-state index in [1.54, 1.807) is 29.2 Å². The maximum Gasteiger partial charge on any atom is 0.302 e. The van der Waals surface area contributed by atoms with Crippen molar-refractivity contribution in [2.45, 2.75) is 0 Å². The molecule has 3 aromatic rings. The Labute approximate surface area is 172 Å². The van der Waals surface area contributed by atoms with Gasteiger partial charge in [0.25, 0.3) is 11.8 Å². The Hall–Kier alpha value is -3.32. The molecule has 7 nitrogen and oxygen atoms in total. The third-order valence-corrected chi connectivity index (χ3v) is 4.99. The molecule has 1 saturated heterocycles. The van der Waals surface area contributed by atoms with Crippen LogP contribution in [0, 0.1) is 0 Å². The van der Waals surface area contributed by atoms with Crippen LogP contribution in [-0.2, 0) is 0 Å². The minimum Gasteiger partial charge on any atom is -0.431 e. The lowest BCUT2D eigenvalue weighted by atomic mass is 10.2. The molecule has 29 heavy (non-hydrogen) atoms. The summed E-state index contributed by atoms with van der Waals surface area (Å²) in [4.78, 5) is 32.9. The van der Waals surface area contributed by atoms with Gasteiger partial charge in [-0.2, -0.15) is 4.98 Å². The topological polar surface area (TPSA) is 78.7 Å². The molecule has 2 amide bonds. The first kappa shape index (κ1) is 19.0. The zero-order valence-corrected chi connectivity index (χ0v) is 16.3. The molecule has 1 aliphatic heterocycles. The average molecular weight is 411 g/mol. The fourth-order valence-corrected chi connectivity index (χ4v) is 3.30. The number of amides is 2. The minimum atomic E-state index is -0.344. The first-order chi connectivity index (χ1) is 14.1. The molecular weight excluding hydrogens is 392 g/mol. The fraction of sp³-hybridized carbons (Fsp3) is 0.190. The van der Waals surface area contributed by atoms with Gasteiger partial charge in [0.2, 0.25) is 0 Å². The lowest BCUT2D eigenvalue weighted by molar-refractivity contribution is 0.0740. The van der Waals surface area contributed by atoms with Crippen molar-refractivity contribution in [1.29, 1.82) is 0 Å². The second-order valence-corrected chi connectivity index (χ2v) is 7.05. The normalized spacial score (nSPS) is 14.0. The predicted molar refractivity (Wildman–Crippen MR) is 110 cm³/mol. The molecule has 0 radical (unpaired) electrons. The van der Waals surface area contributed by atoms with Crippen molar-refractivity contribution in [2.24, 2.45) is 0 Å². The van der Waals surface area contributed by atoms with E-state index in [1.165, 1.54) is 6.26 Å². The van der Waals surface area contributed by atoms with E-state index in [0.717, 1.165) is 5.69 Å². The zero-order valence-electron chi connectivity index (χ0n) is 15.5. The SMILES string of the molecule is O=C(Nc1nc(C(=O)N2CCN(c3ccc(Cl)cc3)CC2)co1)c1ccccc1. The highest BCUT2D eigenvalue weighted by Crippen LogP contribution is 2.20. The highest BCUT2D eigenvalue weighted by atomic mass is 35.5. The summed E-state index contributed by atoms with van der Waals surface area (Å²) in [6.07, 6.45) is 1.27. The molecular formula is C21H19ClN4O3. The highest BCUT2D eigenvalue weighted by Gasteiger charge is 2.25. The Kier molecular flexibility index (Phi) is 5.48. The molecule has 2 aromatic carbocycles. The number of nitrogens with one attached hydrogen (secondary N) is 1. The van der Waals surface area contributed by atoms with E-state index in [-0.39, 0.29) is 23.5 Å². The molecule has 2 heterocycles. The molecule has 1 fully saturated rings. The van der Waals surface area contributed by atoms with Crippen molar-refractivity contribution in [3.63, 3.8) is 0 Å². The van der Waals surface area contributed by atoms with Crippen molar-refractivity contribution >= 4 is 35.1 Å². The van der Waals surface area contributed by atoms with E-state index in [4.69, 9.17) is 16.0 Å². The second-order valence-electron chi connectivity index (χ2n) is 6.61. The summed E-state index contributed by atoms with van der Waals surface area (Å²) in [5.74, 6) is -0.562. The lowest BCUT2D eigenvalue weighted by Crippen LogP contribution is -2.48. The molecule has 4 rings (SSSR count). The third-order valence-electron chi connectivity index (χ3n) is 4.74. The molecule has 0 saturated carbocycles. The van der Waals surface area contributed by atoms with Gasteiger partial charge in [-0.05, 0) is 36.4 Å². The minimum absolute atomic E-state index is 0.00185. The van der Waals surface area contributed by atoms with Gasteiger partial charge in [0, 0.05) is 42.5 Å². The van der Waals surface area contributed by atoms with Crippen LogP contribution in [0.15, 0.2) is 65.3 Å². The van der Waals surface area contributed by atoms with E-state index in [1.807, 2.05) is 30.3 Å². The van der Waals surface area contributed by atoms with Crippen molar-refractivity contribution in [1.82, 2.24) is 9.88 Å². The van der Waals surface area contributed by atoms with Crippen LogP contribution in [0.3, 0.4) is 0 Å². The Bertz CT molecular complexity index is 996. The summed E-state index contributed by atoms with van der Waals surface area (Å²) in [6, 6.07) is 16.4. The maximum atomic E-state index is 12.7. The van der Waals surface area contributed by atoms with E-state index in [0.29, 0.717) is 36.8 Å². The van der Waals surface area contributed by atoms with Gasteiger partial charge in [0.1, 0.15) is 6.26 Å². The van der Waals surface area contributed by atoms with E-state index >= 15 is 0 Å². The fourth-order valence-electron chi connectivity index (χ4n) is 3.17. The molecule has 0 aliphatic carbocycles. The Morgan fingerprint density at radius 2 is 1.66 bits per heavy atom. The molecule has 0 unspecified atom stereocenters. The molecule has 1 N–H and O–H groups in total.